The molecule has 0 aliphatic heterocycles. The third kappa shape index (κ3) is 4.91. The van der Waals surface area contributed by atoms with Crippen LogP contribution in [0.5, 0.6) is 0 Å². The van der Waals surface area contributed by atoms with Crippen LogP contribution in [-0.2, 0) is 0 Å². The third-order valence-electron chi connectivity index (χ3n) is 0.807. The first-order chi connectivity index (χ1) is 4.31. The summed E-state index contributed by atoms with van der Waals surface area (Å²) in [6.45, 7) is 5.55. The van der Waals surface area contributed by atoms with Gasteiger partial charge < -0.3 is 0 Å². The first-order valence-electron chi connectivity index (χ1n) is 3.02. The maximum Gasteiger partial charge on any atom is 0.107 e. The standard InChI is InChI=1S/C8H10N/c1-3-4-5-6-8(2)7-9/h8H,2-4H2,1H3. The molecular formula is C8H10N. The van der Waals surface area contributed by atoms with Gasteiger partial charge in [0.25, 0.3) is 0 Å². The number of hydrogen-bond acceptors (Lipinski definition) is 1. The quantitative estimate of drug-likeness (QED) is 0.484. The van der Waals surface area contributed by atoms with Crippen molar-refractivity contribution in [1.82, 2.24) is 0 Å². The summed E-state index contributed by atoms with van der Waals surface area (Å²) in [5, 5.41) is 8.22. The van der Waals surface area contributed by atoms with Crippen LogP contribution in [0.1, 0.15) is 19.8 Å². The van der Waals surface area contributed by atoms with Crippen LogP contribution < -0.4 is 0 Å². The second-order valence-electron chi connectivity index (χ2n) is 1.75. The minimum Gasteiger partial charge on any atom is -0.197 e. The van der Waals surface area contributed by atoms with E-state index in [4.69, 9.17) is 5.26 Å². The van der Waals surface area contributed by atoms with Gasteiger partial charge in [-0.25, -0.2) is 0 Å². The zero-order valence-electron chi connectivity index (χ0n) is 5.65. The van der Waals surface area contributed by atoms with Crippen molar-refractivity contribution >= 4 is 0 Å². The van der Waals surface area contributed by atoms with Crippen LogP contribution in [0.4, 0.5) is 0 Å². The molecule has 1 nitrogen and oxygen atoms in total. The van der Waals surface area contributed by atoms with Crippen molar-refractivity contribution in [2.24, 2.45) is 5.92 Å². The minimum absolute atomic E-state index is 0.350. The Morgan fingerprint density at radius 1 is 1.67 bits per heavy atom. The summed E-state index contributed by atoms with van der Waals surface area (Å²) >= 11 is 0. The second kappa shape index (κ2) is 5.19. The molecule has 0 bridgehead atoms. The van der Waals surface area contributed by atoms with Crippen molar-refractivity contribution < 1.29 is 0 Å². The lowest BCUT2D eigenvalue weighted by molar-refractivity contribution is 0.978. The fraction of sp³-hybridized carbons (Fsp3) is 0.500. The molecule has 1 radical (unpaired) electrons. The van der Waals surface area contributed by atoms with E-state index in [1.54, 1.807) is 0 Å². The van der Waals surface area contributed by atoms with Crippen LogP contribution in [0.15, 0.2) is 0 Å². The van der Waals surface area contributed by atoms with Gasteiger partial charge in [-0.1, -0.05) is 12.8 Å². The van der Waals surface area contributed by atoms with E-state index in [-0.39, 0.29) is 5.92 Å². The van der Waals surface area contributed by atoms with Crippen molar-refractivity contribution in [1.29, 1.82) is 5.26 Å². The van der Waals surface area contributed by atoms with Gasteiger partial charge in [-0.3, -0.25) is 0 Å². The fourth-order valence-electron chi connectivity index (χ4n) is 0.353. The summed E-state index contributed by atoms with van der Waals surface area (Å²) in [6.07, 6.45) is 1.92. The van der Waals surface area contributed by atoms with Crippen molar-refractivity contribution in [3.8, 4) is 17.9 Å². The van der Waals surface area contributed by atoms with E-state index in [0.717, 1.165) is 12.8 Å². The lowest BCUT2D eigenvalue weighted by atomic mass is 10.2. The average molecular weight is 120 g/mol. The normalized spacial score (nSPS) is 10.8. The molecule has 0 saturated carbocycles. The van der Waals surface area contributed by atoms with E-state index >= 15 is 0 Å². The molecule has 0 aliphatic rings. The Labute approximate surface area is 56.7 Å². The smallest absolute Gasteiger partial charge is 0.107 e. The van der Waals surface area contributed by atoms with Crippen LogP contribution in [0, 0.1) is 36.0 Å². The van der Waals surface area contributed by atoms with Gasteiger partial charge in [0.1, 0.15) is 5.92 Å². The van der Waals surface area contributed by atoms with Crippen molar-refractivity contribution in [2.75, 3.05) is 0 Å². The molecule has 0 aromatic rings. The molecule has 0 fully saturated rings. The van der Waals surface area contributed by atoms with Gasteiger partial charge in [-0.15, -0.1) is 5.92 Å². The molecule has 0 heterocycles. The van der Waals surface area contributed by atoms with E-state index in [2.05, 4.69) is 25.7 Å². The molecular weight excluding hydrogens is 110 g/mol. The molecule has 0 rings (SSSR count). The summed E-state index contributed by atoms with van der Waals surface area (Å²) in [5.74, 6) is 5.21. The molecule has 1 heteroatoms. The molecule has 0 saturated heterocycles. The van der Waals surface area contributed by atoms with Gasteiger partial charge in [0, 0.05) is 6.42 Å². The van der Waals surface area contributed by atoms with Crippen LogP contribution in [0.25, 0.3) is 0 Å². The summed E-state index contributed by atoms with van der Waals surface area (Å²) in [5.41, 5.74) is 0. The summed E-state index contributed by atoms with van der Waals surface area (Å²) < 4.78 is 0. The Kier molecular flexibility index (Phi) is 4.64. The Morgan fingerprint density at radius 2 is 2.33 bits per heavy atom. The van der Waals surface area contributed by atoms with E-state index < -0.39 is 0 Å². The Bertz CT molecular complexity index is 154. The van der Waals surface area contributed by atoms with Gasteiger partial charge in [0.05, 0.1) is 6.07 Å². The number of rotatable bonds is 1. The second-order valence-corrected chi connectivity index (χ2v) is 1.75. The highest BCUT2D eigenvalue weighted by atomic mass is 14.2. The fourth-order valence-corrected chi connectivity index (χ4v) is 0.353. The topological polar surface area (TPSA) is 23.8 Å². The van der Waals surface area contributed by atoms with Crippen molar-refractivity contribution in [3.63, 3.8) is 0 Å². The first-order valence-corrected chi connectivity index (χ1v) is 3.02. The predicted octanol–water partition coefficient (Wildman–Crippen LogP) is 1.76. The first kappa shape index (κ1) is 8.05. The van der Waals surface area contributed by atoms with Crippen molar-refractivity contribution in [2.45, 2.75) is 19.8 Å². The number of hydrogen-bond donors (Lipinski definition) is 0. The SMILES string of the molecule is [CH2]C(C#N)C#CCCC. The van der Waals surface area contributed by atoms with Gasteiger partial charge >= 0.3 is 0 Å². The van der Waals surface area contributed by atoms with Gasteiger partial charge in [-0.2, -0.15) is 5.26 Å². The molecule has 1 atom stereocenters. The highest BCUT2D eigenvalue weighted by molar-refractivity contribution is 5.12. The Balaban J connectivity index is 3.49. The third-order valence-corrected chi connectivity index (χ3v) is 0.807. The van der Waals surface area contributed by atoms with Gasteiger partial charge in [0.2, 0.25) is 0 Å². The maximum atomic E-state index is 8.22. The minimum atomic E-state index is -0.350. The molecule has 0 N–H and O–H groups in total. The van der Waals surface area contributed by atoms with Crippen LogP contribution >= 0.6 is 0 Å². The summed E-state index contributed by atoms with van der Waals surface area (Å²) in [4.78, 5) is 0. The number of nitrogens with zero attached hydrogens (tertiary/aromatic N) is 1. The molecule has 0 aliphatic carbocycles. The largest absolute Gasteiger partial charge is 0.197 e. The molecule has 0 spiro atoms. The van der Waals surface area contributed by atoms with E-state index in [0.29, 0.717) is 0 Å². The van der Waals surface area contributed by atoms with Gasteiger partial charge in [-0.05, 0) is 13.3 Å². The Hall–Kier alpha value is -0.950. The predicted molar refractivity (Wildman–Crippen MR) is 37.1 cm³/mol. The summed E-state index contributed by atoms with van der Waals surface area (Å²) in [7, 11) is 0. The van der Waals surface area contributed by atoms with Crippen LogP contribution in [-0.4, -0.2) is 0 Å². The van der Waals surface area contributed by atoms with E-state index in [1.807, 2.05) is 6.07 Å². The number of unbranched alkanes of at least 4 members (excludes halogenated alkanes) is 1. The van der Waals surface area contributed by atoms with Crippen LogP contribution in [0.2, 0.25) is 0 Å². The maximum absolute atomic E-state index is 8.22. The number of nitriles is 1. The molecule has 1 unspecified atom stereocenters. The molecule has 9 heavy (non-hydrogen) atoms. The lowest BCUT2D eigenvalue weighted by Crippen LogP contribution is -1.81. The molecule has 47 valence electrons. The molecule has 0 aromatic carbocycles. The van der Waals surface area contributed by atoms with Gasteiger partial charge in [0.15, 0.2) is 0 Å². The highest BCUT2D eigenvalue weighted by Gasteiger charge is 1.87. The monoisotopic (exact) mass is 120 g/mol. The van der Waals surface area contributed by atoms with Crippen LogP contribution in [0.3, 0.4) is 0 Å². The molecule has 0 aromatic heterocycles. The van der Waals surface area contributed by atoms with E-state index in [9.17, 15) is 0 Å². The van der Waals surface area contributed by atoms with Crippen molar-refractivity contribution in [3.05, 3.63) is 6.92 Å². The zero-order valence-corrected chi connectivity index (χ0v) is 5.65. The Morgan fingerprint density at radius 3 is 2.78 bits per heavy atom. The highest BCUT2D eigenvalue weighted by Crippen LogP contribution is 1.88. The average Bonchev–Trinajstić information content (AvgIpc) is 1.89. The molecule has 0 amide bonds. The van der Waals surface area contributed by atoms with E-state index in [1.165, 1.54) is 0 Å². The lowest BCUT2D eigenvalue weighted by Gasteiger charge is -1.82. The zero-order chi connectivity index (χ0) is 7.11. The summed E-state index contributed by atoms with van der Waals surface area (Å²) in [6, 6.07) is 1.94.